The van der Waals surface area contributed by atoms with Gasteiger partial charge in [0.05, 0.1) is 11.0 Å². The van der Waals surface area contributed by atoms with Crippen LogP contribution in [0.25, 0.3) is 117 Å². The van der Waals surface area contributed by atoms with E-state index in [0.29, 0.717) is 17.5 Å². The maximum absolute atomic E-state index is 6.31. The highest BCUT2D eigenvalue weighted by atomic mass is 16.3. The molecule has 9 aromatic carbocycles. The van der Waals surface area contributed by atoms with Crippen LogP contribution in [0.1, 0.15) is 0 Å². The van der Waals surface area contributed by atoms with Gasteiger partial charge in [-0.25, -0.2) is 19.9 Å². The van der Waals surface area contributed by atoms with Crippen LogP contribution in [-0.2, 0) is 0 Å². The van der Waals surface area contributed by atoms with Crippen LogP contribution in [0.3, 0.4) is 0 Å². The molecule has 0 bridgehead atoms. The molecule has 0 fully saturated rings. The van der Waals surface area contributed by atoms with E-state index >= 15 is 0 Å². The molecular formula is C52H31N5O. The van der Waals surface area contributed by atoms with Crippen LogP contribution in [0, 0.1) is 0 Å². The van der Waals surface area contributed by atoms with Crippen molar-refractivity contribution in [1.82, 2.24) is 24.5 Å². The van der Waals surface area contributed by atoms with Crippen LogP contribution >= 0.6 is 0 Å². The first-order valence-electron chi connectivity index (χ1n) is 19.4. The minimum absolute atomic E-state index is 0.580. The quantitative estimate of drug-likeness (QED) is 0.164. The summed E-state index contributed by atoms with van der Waals surface area (Å²) < 4.78 is 8.53. The van der Waals surface area contributed by atoms with E-state index in [4.69, 9.17) is 24.4 Å². The lowest BCUT2D eigenvalue weighted by Crippen LogP contribution is -2.01. The molecular weight excluding hydrogens is 711 g/mol. The number of nitrogens with zero attached hydrogens (tertiary/aromatic N) is 5. The molecule has 6 nitrogen and oxygen atoms in total. The number of para-hydroxylation sites is 3. The van der Waals surface area contributed by atoms with Crippen LogP contribution in [0.4, 0.5) is 0 Å². The minimum atomic E-state index is 0.580. The highest BCUT2D eigenvalue weighted by molar-refractivity contribution is 6.25. The van der Waals surface area contributed by atoms with Crippen molar-refractivity contribution in [1.29, 1.82) is 0 Å². The third-order valence-electron chi connectivity index (χ3n) is 11.3. The molecule has 0 spiro atoms. The number of hydrogen-bond donors (Lipinski definition) is 0. The Morgan fingerprint density at radius 2 is 0.931 bits per heavy atom. The predicted octanol–water partition coefficient (Wildman–Crippen LogP) is 13.2. The molecule has 12 rings (SSSR count). The van der Waals surface area contributed by atoms with Gasteiger partial charge in [0, 0.05) is 38.7 Å². The Balaban J connectivity index is 1.07. The average molecular weight is 742 g/mol. The summed E-state index contributed by atoms with van der Waals surface area (Å²) in [7, 11) is 0. The van der Waals surface area contributed by atoms with E-state index in [9.17, 15) is 0 Å². The first-order valence-corrected chi connectivity index (χ1v) is 19.4. The van der Waals surface area contributed by atoms with Gasteiger partial charge in [0.1, 0.15) is 17.0 Å². The summed E-state index contributed by atoms with van der Waals surface area (Å²) in [5, 5.41) is 9.23. The highest BCUT2D eigenvalue weighted by Gasteiger charge is 2.20. The third kappa shape index (κ3) is 5.05. The molecule has 3 heterocycles. The van der Waals surface area contributed by atoms with Crippen LogP contribution in [-0.4, -0.2) is 24.5 Å². The summed E-state index contributed by atoms with van der Waals surface area (Å²) in [4.78, 5) is 20.7. The third-order valence-corrected chi connectivity index (χ3v) is 11.3. The summed E-state index contributed by atoms with van der Waals surface area (Å²) in [6.07, 6.45) is 0. The van der Waals surface area contributed by atoms with Gasteiger partial charge in [-0.3, -0.25) is 4.57 Å². The van der Waals surface area contributed by atoms with E-state index < -0.39 is 0 Å². The molecule has 0 N–H and O–H groups in total. The molecule has 12 aromatic rings. The second-order valence-corrected chi connectivity index (χ2v) is 14.6. The van der Waals surface area contributed by atoms with Gasteiger partial charge < -0.3 is 4.42 Å². The van der Waals surface area contributed by atoms with Gasteiger partial charge in [-0.2, -0.15) is 0 Å². The van der Waals surface area contributed by atoms with E-state index in [2.05, 4.69) is 138 Å². The van der Waals surface area contributed by atoms with E-state index in [1.807, 2.05) is 54.6 Å². The van der Waals surface area contributed by atoms with Gasteiger partial charge in [0.25, 0.3) is 0 Å². The number of imidazole rings is 1. The van der Waals surface area contributed by atoms with Gasteiger partial charge >= 0.3 is 0 Å². The zero-order valence-corrected chi connectivity index (χ0v) is 31.0. The first kappa shape index (κ1) is 32.3. The molecule has 0 saturated heterocycles. The lowest BCUT2D eigenvalue weighted by Gasteiger charge is -2.13. The molecule has 0 saturated carbocycles. The van der Waals surface area contributed by atoms with Crippen molar-refractivity contribution in [2.45, 2.75) is 0 Å². The SMILES string of the molecule is c1ccc(-c2nc3ccccc3n2-c2ccc(-c3nc(-c4ccc5c6ccccc6c6ccccc6c5c4)nc(-c4cccc5oc6ccccc6c45)n3)cc2)cc1. The average Bonchev–Trinajstić information content (AvgIpc) is 3.88. The molecule has 0 aliphatic carbocycles. The molecule has 270 valence electrons. The van der Waals surface area contributed by atoms with Gasteiger partial charge in [-0.15, -0.1) is 0 Å². The second-order valence-electron chi connectivity index (χ2n) is 14.6. The fourth-order valence-electron chi connectivity index (χ4n) is 8.59. The normalized spacial score (nSPS) is 11.8. The summed E-state index contributed by atoms with van der Waals surface area (Å²) in [6.45, 7) is 0. The predicted molar refractivity (Wildman–Crippen MR) is 236 cm³/mol. The number of furan rings is 1. The Labute approximate surface area is 332 Å². The Morgan fingerprint density at radius 1 is 0.362 bits per heavy atom. The summed E-state index contributed by atoms with van der Waals surface area (Å²) >= 11 is 0. The van der Waals surface area contributed by atoms with Gasteiger partial charge in [0.15, 0.2) is 17.5 Å². The summed E-state index contributed by atoms with van der Waals surface area (Å²) in [5.74, 6) is 2.64. The smallest absolute Gasteiger partial charge is 0.164 e. The monoisotopic (exact) mass is 741 g/mol. The van der Waals surface area contributed by atoms with Crippen LogP contribution in [0.15, 0.2) is 192 Å². The zero-order chi connectivity index (χ0) is 38.2. The molecule has 0 atom stereocenters. The van der Waals surface area contributed by atoms with Crippen molar-refractivity contribution in [3.63, 3.8) is 0 Å². The lowest BCUT2D eigenvalue weighted by atomic mass is 9.93. The molecule has 0 unspecified atom stereocenters. The number of aromatic nitrogens is 5. The van der Waals surface area contributed by atoms with Gasteiger partial charge in [-0.05, 0) is 86.9 Å². The van der Waals surface area contributed by atoms with Crippen molar-refractivity contribution in [2.24, 2.45) is 0 Å². The Kier molecular flexibility index (Phi) is 7.13. The lowest BCUT2D eigenvalue weighted by molar-refractivity contribution is 0.669. The molecule has 58 heavy (non-hydrogen) atoms. The largest absolute Gasteiger partial charge is 0.456 e. The first-order chi connectivity index (χ1) is 28.7. The second kappa shape index (κ2) is 12.8. The minimum Gasteiger partial charge on any atom is -0.456 e. The molecule has 6 heteroatoms. The molecule has 0 amide bonds. The number of hydrogen-bond acceptors (Lipinski definition) is 5. The van der Waals surface area contributed by atoms with Crippen LogP contribution in [0.5, 0.6) is 0 Å². The van der Waals surface area contributed by atoms with E-state index in [-0.39, 0.29) is 0 Å². The summed E-state index contributed by atoms with van der Waals surface area (Å²) in [5.41, 5.74) is 8.31. The van der Waals surface area contributed by atoms with Gasteiger partial charge in [0.2, 0.25) is 0 Å². The number of rotatable bonds is 5. The fourth-order valence-corrected chi connectivity index (χ4v) is 8.59. The van der Waals surface area contributed by atoms with Crippen LogP contribution in [0.2, 0.25) is 0 Å². The zero-order valence-electron chi connectivity index (χ0n) is 31.0. The van der Waals surface area contributed by atoms with Crippen LogP contribution < -0.4 is 0 Å². The van der Waals surface area contributed by atoms with Gasteiger partial charge in [-0.1, -0.05) is 133 Å². The molecule has 0 aliphatic rings. The Bertz CT molecular complexity index is 3530. The summed E-state index contributed by atoms with van der Waals surface area (Å²) in [6, 6.07) is 65.1. The van der Waals surface area contributed by atoms with Crippen molar-refractivity contribution in [3.8, 4) is 51.2 Å². The van der Waals surface area contributed by atoms with E-state index in [0.717, 1.165) is 72.1 Å². The maximum atomic E-state index is 6.31. The topological polar surface area (TPSA) is 69.6 Å². The van der Waals surface area contributed by atoms with E-state index in [1.165, 1.54) is 26.9 Å². The molecule has 3 aromatic heterocycles. The number of fused-ring (bicyclic) bond motifs is 10. The molecule has 0 radical (unpaired) electrons. The Hall–Kier alpha value is -7.96. The van der Waals surface area contributed by atoms with Crippen molar-refractivity contribution < 1.29 is 4.42 Å². The van der Waals surface area contributed by atoms with E-state index in [1.54, 1.807) is 0 Å². The standard InChI is InChI=1S/C52H31N5O/c1-2-13-33(14-3-1)52-53-44-21-9-10-22-45(44)57(52)35-28-25-32(26-29-35)49-54-50(56-51(55-49)42-20-12-24-47-48(42)41-19-8-11-23-46(41)58-47)34-27-30-40-38-17-5-4-15-36(38)37-16-6-7-18-39(37)43(40)31-34/h1-31H. The Morgan fingerprint density at radius 3 is 1.69 bits per heavy atom. The van der Waals surface area contributed by atoms with Crippen molar-refractivity contribution in [2.75, 3.05) is 0 Å². The highest BCUT2D eigenvalue weighted by Crippen LogP contribution is 2.39. The van der Waals surface area contributed by atoms with Crippen molar-refractivity contribution in [3.05, 3.63) is 188 Å². The molecule has 0 aliphatic heterocycles. The number of benzene rings is 9. The maximum Gasteiger partial charge on any atom is 0.164 e. The fraction of sp³-hybridized carbons (Fsp3) is 0. The van der Waals surface area contributed by atoms with Crippen molar-refractivity contribution >= 4 is 65.3 Å².